The topological polar surface area (TPSA) is 65.1 Å². The van der Waals surface area contributed by atoms with Gasteiger partial charge in [-0.2, -0.15) is 22.7 Å². The number of benzene rings is 1. The zero-order chi connectivity index (χ0) is 17.8. The van der Waals surface area contributed by atoms with Crippen LogP contribution in [0.25, 0.3) is 22.4 Å². The largest absolute Gasteiger partial charge is 0.453 e. The molecule has 0 N–H and O–H groups in total. The molecular weight excluding hydrogens is 403 g/mol. The molecule has 10 heteroatoms. The van der Waals surface area contributed by atoms with Crippen LogP contribution in [-0.2, 0) is 6.18 Å². The minimum Gasteiger partial charge on any atom is -0.284 e. The van der Waals surface area contributed by atoms with Crippen LogP contribution < -0.4 is 5.56 Å². The smallest absolute Gasteiger partial charge is 0.284 e. The monoisotopic (exact) mass is 409 g/mol. The molecule has 3 aromatic heterocycles. The number of fused-ring (bicyclic) bond motifs is 3. The van der Waals surface area contributed by atoms with E-state index in [1.54, 1.807) is 24.3 Å². The summed E-state index contributed by atoms with van der Waals surface area (Å²) in [6.07, 6.45) is -2.01. The molecule has 0 spiro atoms. The molecule has 0 saturated carbocycles. The number of alkyl halides is 3. The molecule has 0 aliphatic rings. The number of aromatic nitrogens is 5. The summed E-state index contributed by atoms with van der Waals surface area (Å²) in [5.74, 6) is -1.52. The fourth-order valence-corrected chi connectivity index (χ4v) is 2.71. The van der Waals surface area contributed by atoms with Crippen molar-refractivity contribution >= 4 is 32.6 Å². The first-order valence-corrected chi connectivity index (χ1v) is 7.74. The predicted molar refractivity (Wildman–Crippen MR) is 86.6 cm³/mol. The van der Waals surface area contributed by atoms with Gasteiger partial charge < -0.3 is 0 Å². The molecule has 0 aliphatic heterocycles. The predicted octanol–water partition coefficient (Wildman–Crippen LogP) is 3.21. The minimum atomic E-state index is -4.69. The summed E-state index contributed by atoms with van der Waals surface area (Å²) in [6, 6.07) is 8.53. The van der Waals surface area contributed by atoms with Crippen molar-refractivity contribution in [3.8, 4) is 5.69 Å². The number of nitrogens with zero attached hydrogens (tertiary/aromatic N) is 5. The Kier molecular flexibility index (Phi) is 3.39. The highest BCUT2D eigenvalue weighted by atomic mass is 79.9. The quantitative estimate of drug-likeness (QED) is 0.484. The first-order valence-electron chi connectivity index (χ1n) is 6.95. The molecule has 1 aromatic carbocycles. The highest BCUT2D eigenvalue weighted by Gasteiger charge is 2.36. The van der Waals surface area contributed by atoms with Gasteiger partial charge in [-0.15, -0.1) is 5.10 Å². The average Bonchev–Trinajstić information content (AvgIpc) is 3.01. The van der Waals surface area contributed by atoms with Crippen LogP contribution in [0, 0.1) is 0 Å². The summed E-state index contributed by atoms with van der Waals surface area (Å²) < 4.78 is 41.5. The molecule has 6 nitrogen and oxygen atoms in total. The van der Waals surface area contributed by atoms with Crippen molar-refractivity contribution in [3.63, 3.8) is 0 Å². The van der Waals surface area contributed by atoms with Crippen LogP contribution in [0.3, 0.4) is 0 Å². The first kappa shape index (κ1) is 15.8. The lowest BCUT2D eigenvalue weighted by atomic mass is 10.2. The first-order chi connectivity index (χ1) is 11.8. The van der Waals surface area contributed by atoms with Gasteiger partial charge in [0.1, 0.15) is 0 Å². The number of halogens is 4. The van der Waals surface area contributed by atoms with Crippen LogP contribution in [0.5, 0.6) is 0 Å². The van der Waals surface area contributed by atoms with E-state index in [0.717, 1.165) is 8.99 Å². The van der Waals surface area contributed by atoms with Gasteiger partial charge >= 0.3 is 6.18 Å². The van der Waals surface area contributed by atoms with Gasteiger partial charge in [-0.3, -0.25) is 9.36 Å². The maximum absolute atomic E-state index is 12.8. The summed E-state index contributed by atoms with van der Waals surface area (Å²) in [6.45, 7) is 0. The minimum absolute atomic E-state index is 0.136. The lowest BCUT2D eigenvalue weighted by molar-refractivity contribution is -0.144. The van der Waals surface area contributed by atoms with Gasteiger partial charge in [0.25, 0.3) is 17.2 Å². The molecule has 126 valence electrons. The maximum Gasteiger partial charge on any atom is 0.453 e. The second-order valence-electron chi connectivity index (χ2n) is 5.17. The molecule has 0 bridgehead atoms. The van der Waals surface area contributed by atoms with Crippen LogP contribution in [0.15, 0.2) is 52.0 Å². The van der Waals surface area contributed by atoms with Gasteiger partial charge in [-0.05, 0) is 30.3 Å². The fourth-order valence-electron chi connectivity index (χ4n) is 2.44. The van der Waals surface area contributed by atoms with E-state index in [2.05, 4.69) is 31.0 Å². The molecular formula is C15H7BrF3N5O. The van der Waals surface area contributed by atoms with E-state index < -0.39 is 17.6 Å². The molecule has 0 atom stereocenters. The van der Waals surface area contributed by atoms with Crippen molar-refractivity contribution < 1.29 is 13.2 Å². The Balaban J connectivity index is 1.97. The van der Waals surface area contributed by atoms with Gasteiger partial charge in [0.2, 0.25) is 0 Å². The summed E-state index contributed by atoms with van der Waals surface area (Å²) >= 11 is 3.31. The third-order valence-corrected chi connectivity index (χ3v) is 4.12. The average molecular weight is 410 g/mol. The second kappa shape index (κ2) is 5.38. The van der Waals surface area contributed by atoms with Gasteiger partial charge in [0, 0.05) is 22.6 Å². The van der Waals surface area contributed by atoms with Gasteiger partial charge in [-0.25, -0.2) is 4.98 Å². The SMILES string of the molecule is O=c1c2cnc3nc(C(F)(F)F)nn3c2ccn1-c1ccc(Br)cc1. The Labute approximate surface area is 145 Å². The number of hydrogen-bond acceptors (Lipinski definition) is 4. The fraction of sp³-hybridized carbons (Fsp3) is 0.0667. The molecule has 0 saturated heterocycles. The molecule has 0 radical (unpaired) electrons. The molecule has 25 heavy (non-hydrogen) atoms. The third-order valence-electron chi connectivity index (χ3n) is 3.59. The van der Waals surface area contributed by atoms with Crippen molar-refractivity contribution in [1.29, 1.82) is 0 Å². The van der Waals surface area contributed by atoms with Crippen LogP contribution in [0.1, 0.15) is 5.82 Å². The maximum atomic E-state index is 12.8. The molecule has 0 fully saturated rings. The van der Waals surface area contributed by atoms with Crippen molar-refractivity contribution in [2.75, 3.05) is 0 Å². The summed E-state index contributed by atoms with van der Waals surface area (Å²) in [7, 11) is 0. The molecule has 0 aliphatic carbocycles. The summed E-state index contributed by atoms with van der Waals surface area (Å²) in [4.78, 5) is 19.9. The van der Waals surface area contributed by atoms with Crippen LogP contribution >= 0.6 is 15.9 Å². The van der Waals surface area contributed by atoms with Crippen molar-refractivity contribution in [2.45, 2.75) is 6.18 Å². The lowest BCUT2D eigenvalue weighted by Gasteiger charge is -2.07. The van der Waals surface area contributed by atoms with E-state index in [9.17, 15) is 18.0 Å². The Morgan fingerprint density at radius 1 is 1.08 bits per heavy atom. The number of hydrogen-bond donors (Lipinski definition) is 0. The Morgan fingerprint density at radius 3 is 2.48 bits per heavy atom. The van der Waals surface area contributed by atoms with E-state index in [4.69, 9.17) is 0 Å². The lowest BCUT2D eigenvalue weighted by Crippen LogP contribution is -2.18. The third kappa shape index (κ3) is 2.58. The summed E-state index contributed by atoms with van der Waals surface area (Å²) in [5, 5.41) is 3.57. The Hall–Kier alpha value is -2.75. The Bertz CT molecular complexity index is 1160. The molecule has 3 heterocycles. The van der Waals surface area contributed by atoms with Gasteiger partial charge in [-0.1, -0.05) is 15.9 Å². The van der Waals surface area contributed by atoms with Crippen molar-refractivity contribution in [3.05, 3.63) is 63.4 Å². The van der Waals surface area contributed by atoms with E-state index >= 15 is 0 Å². The molecule has 0 unspecified atom stereocenters. The van der Waals surface area contributed by atoms with Crippen LogP contribution in [-0.4, -0.2) is 24.1 Å². The van der Waals surface area contributed by atoms with Gasteiger partial charge in [0.15, 0.2) is 0 Å². The van der Waals surface area contributed by atoms with E-state index in [1.165, 1.54) is 23.0 Å². The molecule has 4 rings (SSSR count). The molecule has 4 aromatic rings. The zero-order valence-corrected chi connectivity index (χ0v) is 13.8. The van der Waals surface area contributed by atoms with Crippen LogP contribution in [0.4, 0.5) is 13.2 Å². The zero-order valence-electron chi connectivity index (χ0n) is 12.2. The van der Waals surface area contributed by atoms with E-state index in [-0.39, 0.29) is 16.7 Å². The number of rotatable bonds is 1. The van der Waals surface area contributed by atoms with E-state index in [0.29, 0.717) is 5.69 Å². The standard InChI is InChI=1S/C15H7BrF3N5O/c16-8-1-3-9(4-2-8)23-6-5-11-10(12(23)25)7-20-14-21-13(15(17,18)19)22-24(11)14/h1-7H. The van der Waals surface area contributed by atoms with E-state index in [1.807, 2.05) is 0 Å². The highest BCUT2D eigenvalue weighted by Crippen LogP contribution is 2.26. The normalized spacial score (nSPS) is 12.2. The van der Waals surface area contributed by atoms with Crippen molar-refractivity contribution in [1.82, 2.24) is 24.1 Å². The van der Waals surface area contributed by atoms with Gasteiger partial charge in [0.05, 0.1) is 10.9 Å². The number of pyridine rings is 1. The second-order valence-corrected chi connectivity index (χ2v) is 6.09. The highest BCUT2D eigenvalue weighted by molar-refractivity contribution is 9.10. The Morgan fingerprint density at radius 2 is 1.80 bits per heavy atom. The van der Waals surface area contributed by atoms with Crippen LogP contribution in [0.2, 0.25) is 0 Å². The van der Waals surface area contributed by atoms with Crippen molar-refractivity contribution in [2.24, 2.45) is 0 Å². The summed E-state index contributed by atoms with van der Waals surface area (Å²) in [5.41, 5.74) is 0.398. The molecule has 0 amide bonds.